The predicted octanol–water partition coefficient (Wildman–Crippen LogP) is 5.92. The molecule has 0 radical (unpaired) electrons. The molecule has 0 atom stereocenters. The normalized spacial score (nSPS) is 10.9. The minimum absolute atomic E-state index is 0.285. The molecule has 2 heterocycles. The van der Waals surface area contributed by atoms with Crippen molar-refractivity contribution in [3.63, 3.8) is 0 Å². The molecule has 0 aliphatic carbocycles. The van der Waals surface area contributed by atoms with Gasteiger partial charge in [-0.2, -0.15) is 0 Å². The number of benzene rings is 3. The van der Waals surface area contributed by atoms with Crippen LogP contribution < -0.4 is 10.1 Å². The number of hydrogen-bond donors (Lipinski definition) is 2. The van der Waals surface area contributed by atoms with Gasteiger partial charge in [0.2, 0.25) is 0 Å². The molecule has 7 heteroatoms. The van der Waals surface area contributed by atoms with Gasteiger partial charge in [0.1, 0.15) is 23.0 Å². The highest BCUT2D eigenvalue weighted by Gasteiger charge is 2.21. The molecule has 2 aromatic heterocycles. The quantitative estimate of drug-likeness (QED) is 0.355. The molecule has 32 heavy (non-hydrogen) atoms. The molecule has 158 valence electrons. The number of rotatable bonds is 5. The Hall–Kier alpha value is -3.97. The number of aromatic amines is 1. The molecular formula is C25H20N4O2S. The number of carbonyl (C=O) groups is 1. The second kappa shape index (κ2) is 8.28. The number of nitrogens with one attached hydrogen (secondary N) is 2. The van der Waals surface area contributed by atoms with Crippen LogP contribution in [0.15, 0.2) is 72.2 Å². The zero-order valence-electron chi connectivity index (χ0n) is 17.5. The number of carbonyl (C=O) groups excluding carboxylic acids is 1. The third-order valence-electron chi connectivity index (χ3n) is 5.27. The number of thiazole rings is 1. The lowest BCUT2D eigenvalue weighted by Gasteiger charge is -2.08. The monoisotopic (exact) mass is 440 g/mol. The van der Waals surface area contributed by atoms with E-state index in [9.17, 15) is 4.79 Å². The molecule has 3 aromatic carbocycles. The van der Waals surface area contributed by atoms with E-state index in [1.165, 1.54) is 11.3 Å². The molecule has 5 aromatic rings. The molecule has 0 bridgehead atoms. The average Bonchev–Trinajstić information content (AvgIpc) is 3.49. The Morgan fingerprint density at radius 1 is 1.03 bits per heavy atom. The summed E-state index contributed by atoms with van der Waals surface area (Å²) in [6, 6.07) is 19.8. The van der Waals surface area contributed by atoms with Gasteiger partial charge < -0.3 is 9.72 Å². The van der Waals surface area contributed by atoms with Crippen LogP contribution >= 0.6 is 11.3 Å². The summed E-state index contributed by atoms with van der Waals surface area (Å²) in [6.45, 7) is 2.03. The van der Waals surface area contributed by atoms with Crippen LogP contribution in [0.1, 0.15) is 16.1 Å². The maximum atomic E-state index is 13.1. The Morgan fingerprint density at radius 2 is 1.81 bits per heavy atom. The number of methoxy groups -OCH3 is 1. The first-order valence-corrected chi connectivity index (χ1v) is 11.0. The first-order valence-electron chi connectivity index (χ1n) is 10.1. The van der Waals surface area contributed by atoms with Gasteiger partial charge in [0.05, 0.1) is 7.11 Å². The molecule has 1 amide bonds. The van der Waals surface area contributed by atoms with Crippen LogP contribution in [0, 0.1) is 6.92 Å². The van der Waals surface area contributed by atoms with E-state index in [0.717, 1.165) is 33.2 Å². The van der Waals surface area contributed by atoms with Crippen molar-refractivity contribution in [3.05, 3.63) is 83.5 Å². The summed E-state index contributed by atoms with van der Waals surface area (Å²) in [5.41, 5.74) is 3.87. The smallest absolute Gasteiger partial charge is 0.276 e. The van der Waals surface area contributed by atoms with Crippen LogP contribution in [0.2, 0.25) is 0 Å². The van der Waals surface area contributed by atoms with Crippen molar-refractivity contribution < 1.29 is 9.53 Å². The Morgan fingerprint density at radius 3 is 2.53 bits per heavy atom. The van der Waals surface area contributed by atoms with Crippen molar-refractivity contribution in [2.24, 2.45) is 0 Å². The van der Waals surface area contributed by atoms with Gasteiger partial charge in [-0.1, -0.05) is 54.1 Å². The van der Waals surface area contributed by atoms with Crippen molar-refractivity contribution in [3.8, 4) is 28.4 Å². The SMILES string of the molecule is COc1ccc(-c2nc(-c3ccc(C)cc3)c(C(=O)Nc3nccs3)[nH]2)c2ccccc12. The van der Waals surface area contributed by atoms with E-state index >= 15 is 0 Å². The molecule has 0 fully saturated rings. The van der Waals surface area contributed by atoms with Crippen molar-refractivity contribution in [2.45, 2.75) is 6.92 Å². The van der Waals surface area contributed by atoms with E-state index in [4.69, 9.17) is 9.72 Å². The molecule has 0 spiro atoms. The van der Waals surface area contributed by atoms with E-state index in [1.807, 2.05) is 73.0 Å². The Balaban J connectivity index is 1.67. The standard InChI is InChI=1S/C25H20N4O2S/c1-15-7-9-16(10-8-15)21-22(24(30)29-25-26-13-14-32-25)28-23(27-21)19-11-12-20(31-2)18-6-4-3-5-17(18)19/h3-14H,1-2H3,(H,27,28)(H,26,29,30). The zero-order chi connectivity index (χ0) is 22.1. The first-order chi connectivity index (χ1) is 15.6. The number of aromatic nitrogens is 3. The zero-order valence-corrected chi connectivity index (χ0v) is 18.4. The molecule has 0 saturated heterocycles. The molecule has 2 N–H and O–H groups in total. The summed E-state index contributed by atoms with van der Waals surface area (Å²) in [6.07, 6.45) is 1.66. The fraction of sp³-hybridized carbons (Fsp3) is 0.0800. The lowest BCUT2D eigenvalue weighted by molar-refractivity contribution is 0.102. The summed E-state index contributed by atoms with van der Waals surface area (Å²) >= 11 is 1.37. The van der Waals surface area contributed by atoms with Gasteiger partial charge in [0, 0.05) is 28.1 Å². The van der Waals surface area contributed by atoms with E-state index in [0.29, 0.717) is 22.3 Å². The number of H-pyrrole nitrogens is 1. The van der Waals surface area contributed by atoms with Crippen LogP contribution in [0.4, 0.5) is 5.13 Å². The predicted molar refractivity (Wildman–Crippen MR) is 128 cm³/mol. The lowest BCUT2D eigenvalue weighted by Crippen LogP contribution is -2.13. The van der Waals surface area contributed by atoms with Crippen LogP contribution in [-0.4, -0.2) is 28.0 Å². The van der Waals surface area contributed by atoms with Gasteiger partial charge in [-0.3, -0.25) is 10.1 Å². The number of aryl methyl sites for hydroxylation is 1. The van der Waals surface area contributed by atoms with Crippen molar-refractivity contribution in [1.82, 2.24) is 15.0 Å². The van der Waals surface area contributed by atoms with Gasteiger partial charge >= 0.3 is 0 Å². The second-order valence-electron chi connectivity index (χ2n) is 7.33. The van der Waals surface area contributed by atoms with Crippen LogP contribution in [0.25, 0.3) is 33.4 Å². The van der Waals surface area contributed by atoms with Crippen LogP contribution in [0.5, 0.6) is 5.75 Å². The van der Waals surface area contributed by atoms with E-state index in [2.05, 4.69) is 15.3 Å². The van der Waals surface area contributed by atoms with Crippen molar-refractivity contribution in [1.29, 1.82) is 0 Å². The molecule has 6 nitrogen and oxygen atoms in total. The van der Waals surface area contributed by atoms with Crippen molar-refractivity contribution in [2.75, 3.05) is 12.4 Å². The molecule has 0 saturated carbocycles. The largest absolute Gasteiger partial charge is 0.496 e. The summed E-state index contributed by atoms with van der Waals surface area (Å²) < 4.78 is 5.52. The van der Waals surface area contributed by atoms with Crippen molar-refractivity contribution >= 4 is 33.1 Å². The topological polar surface area (TPSA) is 79.9 Å². The maximum absolute atomic E-state index is 13.1. The van der Waals surface area contributed by atoms with Gasteiger partial charge in [0.15, 0.2) is 5.13 Å². The van der Waals surface area contributed by atoms with E-state index in [-0.39, 0.29) is 5.91 Å². The second-order valence-corrected chi connectivity index (χ2v) is 8.22. The van der Waals surface area contributed by atoms with Crippen LogP contribution in [-0.2, 0) is 0 Å². The minimum atomic E-state index is -0.285. The summed E-state index contributed by atoms with van der Waals surface area (Å²) in [5, 5.41) is 7.18. The van der Waals surface area contributed by atoms with Gasteiger partial charge in [-0.05, 0) is 24.4 Å². The number of fused-ring (bicyclic) bond motifs is 1. The van der Waals surface area contributed by atoms with E-state index in [1.54, 1.807) is 13.3 Å². The Kier molecular flexibility index (Phi) is 5.17. The van der Waals surface area contributed by atoms with Gasteiger partial charge in [-0.25, -0.2) is 9.97 Å². The highest BCUT2D eigenvalue weighted by atomic mass is 32.1. The average molecular weight is 441 g/mol. The number of hydrogen-bond acceptors (Lipinski definition) is 5. The van der Waals surface area contributed by atoms with Gasteiger partial charge in [0.25, 0.3) is 5.91 Å². The minimum Gasteiger partial charge on any atom is -0.496 e. The third-order valence-corrected chi connectivity index (χ3v) is 5.96. The molecule has 0 unspecified atom stereocenters. The highest BCUT2D eigenvalue weighted by Crippen LogP contribution is 2.35. The van der Waals surface area contributed by atoms with Crippen LogP contribution in [0.3, 0.4) is 0 Å². The first kappa shape index (κ1) is 20.0. The number of ether oxygens (including phenoxy) is 1. The third kappa shape index (κ3) is 3.63. The van der Waals surface area contributed by atoms with Gasteiger partial charge in [-0.15, -0.1) is 11.3 Å². The molecule has 0 aliphatic rings. The fourth-order valence-corrected chi connectivity index (χ4v) is 4.21. The summed E-state index contributed by atoms with van der Waals surface area (Å²) in [5.74, 6) is 1.12. The summed E-state index contributed by atoms with van der Waals surface area (Å²) in [7, 11) is 1.66. The van der Waals surface area contributed by atoms with E-state index < -0.39 is 0 Å². The molecule has 0 aliphatic heterocycles. The highest BCUT2D eigenvalue weighted by molar-refractivity contribution is 7.13. The Labute approximate surface area is 188 Å². The summed E-state index contributed by atoms with van der Waals surface area (Å²) in [4.78, 5) is 25.4. The number of nitrogens with zero attached hydrogens (tertiary/aromatic N) is 2. The number of amides is 1. The lowest BCUT2D eigenvalue weighted by atomic mass is 10.0. The number of anilines is 1. The Bertz CT molecular complexity index is 1410. The fourth-order valence-electron chi connectivity index (χ4n) is 3.69. The number of imidazole rings is 1. The maximum Gasteiger partial charge on any atom is 0.276 e. The molecular weight excluding hydrogens is 420 g/mol. The molecule has 5 rings (SSSR count).